The highest BCUT2D eigenvalue weighted by atomic mass is 32.1. The number of hydrogen-bond acceptors (Lipinski definition) is 5. The van der Waals surface area contributed by atoms with Crippen molar-refractivity contribution in [2.75, 3.05) is 6.54 Å². The minimum atomic E-state index is -0.807. The van der Waals surface area contributed by atoms with E-state index in [0.29, 0.717) is 0 Å². The van der Waals surface area contributed by atoms with E-state index in [2.05, 4.69) is 10.6 Å². The summed E-state index contributed by atoms with van der Waals surface area (Å²) >= 11 is 1.52. The second kappa shape index (κ2) is 11.7. The lowest BCUT2D eigenvalue weighted by atomic mass is 9.94. The summed E-state index contributed by atoms with van der Waals surface area (Å²) in [4.78, 5) is 41.9. The smallest absolute Gasteiger partial charge is 0.287 e. The van der Waals surface area contributed by atoms with E-state index in [-0.39, 0.29) is 36.7 Å². The zero-order chi connectivity index (χ0) is 23.8. The second-order valence-corrected chi connectivity index (χ2v) is 9.45. The van der Waals surface area contributed by atoms with Gasteiger partial charge in [0.25, 0.3) is 5.91 Å². The normalized spacial score (nSPS) is 14.8. The number of carbonyl (C=O) groups is 3. The van der Waals surface area contributed by atoms with Gasteiger partial charge in [0, 0.05) is 10.9 Å². The molecule has 0 unspecified atom stereocenters. The highest BCUT2D eigenvalue weighted by Gasteiger charge is 2.33. The fourth-order valence-electron chi connectivity index (χ4n) is 4.28. The molecular weight excluding hydrogens is 450 g/mol. The molecule has 3 aromatic rings. The topological polar surface area (TPSA) is 91.7 Å². The van der Waals surface area contributed by atoms with Gasteiger partial charge in [0.15, 0.2) is 5.76 Å². The van der Waals surface area contributed by atoms with Gasteiger partial charge in [-0.1, -0.05) is 55.7 Å². The molecule has 0 bridgehead atoms. The quantitative estimate of drug-likeness (QED) is 0.479. The van der Waals surface area contributed by atoms with E-state index in [1.165, 1.54) is 30.1 Å². The molecule has 1 atom stereocenters. The number of rotatable bonds is 9. The van der Waals surface area contributed by atoms with Crippen LogP contribution in [-0.4, -0.2) is 35.2 Å². The van der Waals surface area contributed by atoms with Gasteiger partial charge in [0.2, 0.25) is 11.8 Å². The largest absolute Gasteiger partial charge is 0.459 e. The molecule has 1 aliphatic carbocycles. The molecule has 2 heterocycles. The predicted octanol–water partition coefficient (Wildman–Crippen LogP) is 4.29. The SMILES string of the molecule is O=C(NCC(=O)N(Cc1cccs1)[C@@H](C(=O)NC1CCCCC1)c1ccccc1)c1ccco1. The maximum Gasteiger partial charge on any atom is 0.287 e. The number of nitrogens with zero attached hydrogens (tertiary/aromatic N) is 1. The fraction of sp³-hybridized carbons (Fsp3) is 0.346. The lowest BCUT2D eigenvalue weighted by molar-refractivity contribution is -0.141. The van der Waals surface area contributed by atoms with Crippen molar-refractivity contribution in [1.82, 2.24) is 15.5 Å². The van der Waals surface area contributed by atoms with Gasteiger partial charge in [0.1, 0.15) is 6.04 Å². The van der Waals surface area contributed by atoms with Crippen molar-refractivity contribution in [3.05, 3.63) is 82.4 Å². The Morgan fingerprint density at radius 2 is 1.79 bits per heavy atom. The molecule has 0 saturated heterocycles. The maximum atomic E-state index is 13.6. The van der Waals surface area contributed by atoms with Crippen LogP contribution >= 0.6 is 11.3 Å². The minimum absolute atomic E-state index is 0.116. The number of amides is 3. The predicted molar refractivity (Wildman–Crippen MR) is 130 cm³/mol. The van der Waals surface area contributed by atoms with Crippen LogP contribution in [0.3, 0.4) is 0 Å². The lowest BCUT2D eigenvalue weighted by Gasteiger charge is -2.33. The molecule has 7 nitrogen and oxygen atoms in total. The van der Waals surface area contributed by atoms with Crippen molar-refractivity contribution in [1.29, 1.82) is 0 Å². The first kappa shape index (κ1) is 23.8. The van der Waals surface area contributed by atoms with Crippen LogP contribution in [0.25, 0.3) is 0 Å². The van der Waals surface area contributed by atoms with Gasteiger partial charge in [-0.05, 0) is 42.0 Å². The van der Waals surface area contributed by atoms with E-state index in [4.69, 9.17) is 4.42 Å². The van der Waals surface area contributed by atoms with E-state index in [9.17, 15) is 14.4 Å². The van der Waals surface area contributed by atoms with Crippen molar-refractivity contribution >= 4 is 29.1 Å². The number of furan rings is 1. The highest BCUT2D eigenvalue weighted by Crippen LogP contribution is 2.26. The molecule has 8 heteroatoms. The van der Waals surface area contributed by atoms with Gasteiger partial charge in [-0.2, -0.15) is 0 Å². The van der Waals surface area contributed by atoms with Gasteiger partial charge in [-0.3, -0.25) is 14.4 Å². The molecular formula is C26H29N3O4S. The number of thiophene rings is 1. The second-order valence-electron chi connectivity index (χ2n) is 8.42. The summed E-state index contributed by atoms with van der Waals surface area (Å²) in [7, 11) is 0. The first-order valence-corrected chi connectivity index (χ1v) is 12.5. The van der Waals surface area contributed by atoms with E-state index in [0.717, 1.165) is 36.1 Å². The number of benzene rings is 1. The minimum Gasteiger partial charge on any atom is -0.459 e. The number of nitrogens with one attached hydrogen (secondary N) is 2. The molecule has 1 fully saturated rings. The van der Waals surface area contributed by atoms with Crippen LogP contribution in [0, 0.1) is 0 Å². The number of hydrogen-bond donors (Lipinski definition) is 2. The van der Waals surface area contributed by atoms with Crippen LogP contribution in [0.15, 0.2) is 70.7 Å². The Morgan fingerprint density at radius 3 is 2.47 bits per heavy atom. The van der Waals surface area contributed by atoms with Crippen LogP contribution in [-0.2, 0) is 16.1 Å². The summed E-state index contributed by atoms with van der Waals surface area (Å²) < 4.78 is 5.11. The Balaban J connectivity index is 1.58. The summed E-state index contributed by atoms with van der Waals surface area (Å²) in [5.41, 5.74) is 0.734. The third-order valence-electron chi connectivity index (χ3n) is 6.00. The summed E-state index contributed by atoms with van der Waals surface area (Å²) in [6, 6.07) is 15.6. The van der Waals surface area contributed by atoms with Crippen molar-refractivity contribution in [2.45, 2.75) is 50.7 Å². The Kier molecular flexibility index (Phi) is 8.14. The van der Waals surface area contributed by atoms with E-state index >= 15 is 0 Å². The summed E-state index contributed by atoms with van der Waals surface area (Å²) in [5.74, 6) is -0.883. The molecule has 0 radical (unpaired) electrons. The molecule has 2 aromatic heterocycles. The van der Waals surface area contributed by atoms with Crippen LogP contribution in [0.2, 0.25) is 0 Å². The zero-order valence-corrected chi connectivity index (χ0v) is 19.8. The Morgan fingerprint density at radius 1 is 1.00 bits per heavy atom. The molecule has 34 heavy (non-hydrogen) atoms. The van der Waals surface area contributed by atoms with Gasteiger partial charge < -0.3 is 20.0 Å². The standard InChI is InChI=1S/C26H29N3O4S/c30-23(17-27-25(31)22-14-7-15-33-22)29(18-21-13-8-16-34-21)24(19-9-3-1-4-10-19)26(32)28-20-11-5-2-6-12-20/h1,3-4,7-10,13-16,20,24H,2,5-6,11-12,17-18H2,(H,27,31)(H,28,32)/t24-/m1/s1. The molecule has 1 saturated carbocycles. The van der Waals surface area contributed by atoms with E-state index in [1.54, 1.807) is 11.0 Å². The molecule has 2 N–H and O–H groups in total. The van der Waals surface area contributed by atoms with Gasteiger partial charge in [-0.15, -0.1) is 11.3 Å². The van der Waals surface area contributed by atoms with Crippen LogP contribution in [0.1, 0.15) is 59.1 Å². The molecule has 1 aromatic carbocycles. The molecule has 3 amide bonds. The Hall–Kier alpha value is -3.39. The van der Waals surface area contributed by atoms with Crippen molar-refractivity contribution < 1.29 is 18.8 Å². The van der Waals surface area contributed by atoms with Crippen molar-refractivity contribution in [3.63, 3.8) is 0 Å². The summed E-state index contributed by atoms with van der Waals surface area (Å²) in [6.45, 7) is 0.0235. The molecule has 1 aliphatic rings. The first-order valence-electron chi connectivity index (χ1n) is 11.6. The average molecular weight is 480 g/mol. The average Bonchev–Trinajstić information content (AvgIpc) is 3.58. The third kappa shape index (κ3) is 6.14. The maximum absolute atomic E-state index is 13.6. The van der Waals surface area contributed by atoms with Gasteiger partial charge in [0.05, 0.1) is 19.4 Å². The first-order chi connectivity index (χ1) is 16.6. The van der Waals surface area contributed by atoms with Crippen molar-refractivity contribution in [3.8, 4) is 0 Å². The van der Waals surface area contributed by atoms with Gasteiger partial charge >= 0.3 is 0 Å². The van der Waals surface area contributed by atoms with Gasteiger partial charge in [-0.25, -0.2) is 0 Å². The molecule has 4 rings (SSSR count). The van der Waals surface area contributed by atoms with Crippen molar-refractivity contribution in [2.24, 2.45) is 0 Å². The van der Waals surface area contributed by atoms with Crippen LogP contribution in [0.5, 0.6) is 0 Å². The molecule has 0 spiro atoms. The van der Waals surface area contributed by atoms with Crippen LogP contribution < -0.4 is 10.6 Å². The number of carbonyl (C=O) groups excluding carboxylic acids is 3. The Bertz CT molecular complexity index is 1060. The third-order valence-corrected chi connectivity index (χ3v) is 6.86. The molecule has 0 aliphatic heterocycles. The highest BCUT2D eigenvalue weighted by molar-refractivity contribution is 7.09. The summed E-state index contributed by atoms with van der Waals surface area (Å²) in [6.07, 6.45) is 6.68. The van der Waals surface area contributed by atoms with Crippen LogP contribution in [0.4, 0.5) is 0 Å². The lowest BCUT2D eigenvalue weighted by Crippen LogP contribution is -2.49. The van der Waals surface area contributed by atoms with E-state index < -0.39 is 11.9 Å². The Labute approximate surface area is 203 Å². The zero-order valence-electron chi connectivity index (χ0n) is 18.9. The summed E-state index contributed by atoms with van der Waals surface area (Å²) in [5, 5.41) is 7.75. The monoisotopic (exact) mass is 479 g/mol. The fourth-order valence-corrected chi connectivity index (χ4v) is 4.98. The van der Waals surface area contributed by atoms with E-state index in [1.807, 2.05) is 47.8 Å². The molecule has 178 valence electrons.